The van der Waals surface area contributed by atoms with Gasteiger partial charge >= 0.3 is 7.12 Å². The van der Waals surface area contributed by atoms with Crippen LogP contribution >= 0.6 is 0 Å². The molecule has 3 N–H and O–H groups in total. The Bertz CT molecular complexity index is 1220. The summed E-state index contributed by atoms with van der Waals surface area (Å²) in [5, 5.41) is 11.3. The molecule has 1 aliphatic heterocycles. The zero-order valence-corrected chi connectivity index (χ0v) is 16.6. The maximum Gasteiger partial charge on any atom is 0.555 e. The van der Waals surface area contributed by atoms with Gasteiger partial charge in [0, 0.05) is 23.2 Å². The second kappa shape index (κ2) is 6.72. The summed E-state index contributed by atoms with van der Waals surface area (Å²) in [5.41, 5.74) is 3.49. The van der Waals surface area contributed by atoms with Crippen LogP contribution in [0.3, 0.4) is 0 Å². The number of fused-ring (bicyclic) bond motifs is 3. The maximum absolute atomic E-state index is 12.6. The van der Waals surface area contributed by atoms with Crippen LogP contribution in [0, 0.1) is 5.92 Å². The quantitative estimate of drug-likeness (QED) is 0.575. The summed E-state index contributed by atoms with van der Waals surface area (Å²) in [6.45, 7) is 1.86. The third kappa shape index (κ3) is 3.06. The average molecular weight is 409 g/mol. The van der Waals surface area contributed by atoms with Crippen molar-refractivity contribution in [3.63, 3.8) is 0 Å². The van der Waals surface area contributed by atoms with Gasteiger partial charge in [-0.25, -0.2) is 18.1 Å². The van der Waals surface area contributed by atoms with Crippen molar-refractivity contribution in [2.24, 2.45) is 5.92 Å². The van der Waals surface area contributed by atoms with E-state index in [-0.39, 0.29) is 16.9 Å². The first-order valence-corrected chi connectivity index (χ1v) is 11.0. The Morgan fingerprint density at radius 3 is 2.76 bits per heavy atom. The van der Waals surface area contributed by atoms with Crippen LogP contribution < -0.4 is 9.38 Å². The number of aromatic nitrogens is 2. The van der Waals surface area contributed by atoms with Gasteiger partial charge in [-0.05, 0) is 54.9 Å². The summed E-state index contributed by atoms with van der Waals surface area (Å²) in [6, 6.07) is 10.2. The zero-order chi connectivity index (χ0) is 20.2. The molecule has 0 spiro atoms. The Kier molecular flexibility index (Phi) is 4.27. The number of hydrogen-bond acceptors (Lipinski definition) is 5. The minimum absolute atomic E-state index is 0.135. The van der Waals surface area contributed by atoms with Crippen LogP contribution in [0.1, 0.15) is 25.3 Å². The number of hydrogen-bond donors (Lipinski definition) is 3. The molecule has 1 fully saturated rings. The molecule has 0 atom stereocenters. The molecule has 1 aromatic carbocycles. The van der Waals surface area contributed by atoms with Crippen LogP contribution in [0.25, 0.3) is 16.6 Å². The van der Waals surface area contributed by atoms with Crippen molar-refractivity contribution in [1.29, 1.82) is 0 Å². The summed E-state index contributed by atoms with van der Waals surface area (Å²) >= 11 is 0. The molecule has 5 rings (SSSR count). The third-order valence-electron chi connectivity index (χ3n) is 5.78. The highest BCUT2D eigenvalue weighted by molar-refractivity contribution is 7.89. The van der Waals surface area contributed by atoms with E-state index < -0.39 is 17.1 Å². The molecule has 1 aliphatic carbocycles. The van der Waals surface area contributed by atoms with Gasteiger partial charge in [-0.1, -0.05) is 18.2 Å². The number of aromatic amines is 1. The van der Waals surface area contributed by atoms with Gasteiger partial charge in [0.1, 0.15) is 11.4 Å². The molecule has 3 aromatic rings. The molecule has 1 saturated carbocycles. The maximum atomic E-state index is 12.6. The fourth-order valence-corrected chi connectivity index (χ4v) is 5.54. The molecule has 9 heteroatoms. The molecule has 0 unspecified atom stereocenters. The van der Waals surface area contributed by atoms with Gasteiger partial charge in [-0.2, -0.15) is 0 Å². The van der Waals surface area contributed by atoms with Gasteiger partial charge in [0.25, 0.3) is 0 Å². The number of H-pyrrole nitrogens is 1. The average Bonchev–Trinajstić information content (AvgIpc) is 3.16. The van der Waals surface area contributed by atoms with Crippen LogP contribution in [0.15, 0.2) is 59.2 Å². The Morgan fingerprint density at radius 2 is 2.00 bits per heavy atom. The minimum Gasteiger partial charge on any atom is -0.531 e. The number of nitrogens with zero attached hydrogens (tertiary/aromatic N) is 1. The van der Waals surface area contributed by atoms with E-state index in [0.717, 1.165) is 27.6 Å². The summed E-state index contributed by atoms with van der Waals surface area (Å²) in [6.07, 6.45) is 4.78. The fraction of sp³-hybridized carbons (Fsp3) is 0.250. The number of nitrogens with one attached hydrogen (secondary N) is 2. The predicted octanol–water partition coefficient (Wildman–Crippen LogP) is 2.51. The molecule has 0 amide bonds. The molecule has 3 heterocycles. The second-order valence-electron chi connectivity index (χ2n) is 7.60. The lowest BCUT2D eigenvalue weighted by Gasteiger charge is -2.40. The second-order valence-corrected chi connectivity index (χ2v) is 9.32. The fourth-order valence-electron chi connectivity index (χ4n) is 4.26. The lowest BCUT2D eigenvalue weighted by atomic mass is 9.64. The zero-order valence-electron chi connectivity index (χ0n) is 15.8. The minimum atomic E-state index is -3.54. The van der Waals surface area contributed by atoms with Crippen molar-refractivity contribution in [2.45, 2.75) is 30.7 Å². The summed E-state index contributed by atoms with van der Waals surface area (Å²) in [4.78, 5) is 7.72. The summed E-state index contributed by atoms with van der Waals surface area (Å²) in [7, 11) is -4.56. The molecular weight excluding hydrogens is 389 g/mol. The Hall–Kier alpha value is -2.62. The van der Waals surface area contributed by atoms with Gasteiger partial charge in [0.15, 0.2) is 0 Å². The molecule has 0 bridgehead atoms. The van der Waals surface area contributed by atoms with Crippen molar-refractivity contribution in [3.05, 3.63) is 59.8 Å². The molecular formula is C20H20BN3O4S. The highest BCUT2D eigenvalue weighted by Crippen LogP contribution is 2.48. The summed E-state index contributed by atoms with van der Waals surface area (Å²) < 4.78 is 33.6. The largest absolute Gasteiger partial charge is 0.555 e. The predicted molar refractivity (Wildman–Crippen MR) is 111 cm³/mol. The number of pyridine rings is 1. The first-order chi connectivity index (χ1) is 13.9. The van der Waals surface area contributed by atoms with Gasteiger partial charge in [-0.3, -0.25) is 0 Å². The van der Waals surface area contributed by atoms with Crippen molar-refractivity contribution >= 4 is 33.7 Å². The number of rotatable bonds is 4. The SMILES string of the molecule is CC1=C(C2CC(NS(=O)(=O)c3ccccc3)C2)c2c(cnc3[nH]ccc23)OB1O. The van der Waals surface area contributed by atoms with Crippen LogP contribution in [0.4, 0.5) is 0 Å². The highest BCUT2D eigenvalue weighted by atomic mass is 32.2. The van der Waals surface area contributed by atoms with Gasteiger partial charge in [0.2, 0.25) is 10.0 Å². The Balaban J connectivity index is 1.42. The Labute approximate surface area is 169 Å². The molecule has 148 valence electrons. The van der Waals surface area contributed by atoms with E-state index in [1.807, 2.05) is 19.2 Å². The Morgan fingerprint density at radius 1 is 1.24 bits per heavy atom. The molecule has 7 nitrogen and oxygen atoms in total. The summed E-state index contributed by atoms with van der Waals surface area (Å²) in [5.74, 6) is 0.690. The monoisotopic (exact) mass is 409 g/mol. The molecule has 2 aliphatic rings. The normalized spacial score (nSPS) is 21.7. The van der Waals surface area contributed by atoms with Gasteiger partial charge in [0.05, 0.1) is 11.1 Å². The standard InChI is InChI=1S/C20H20BN3O4S/c1-12-18(19-16-7-8-22-20(16)23-11-17(19)28-21(12)25)13-9-14(10-13)24-29(26,27)15-5-3-2-4-6-15/h2-8,11,13-14,24-25H,9-10H2,1H3,(H,22,23). The van der Waals surface area contributed by atoms with Crippen LogP contribution in [0.2, 0.25) is 0 Å². The molecule has 0 radical (unpaired) electrons. The van der Waals surface area contributed by atoms with E-state index in [0.29, 0.717) is 18.6 Å². The van der Waals surface area contributed by atoms with E-state index in [4.69, 9.17) is 4.65 Å². The molecule has 0 saturated heterocycles. The first kappa shape index (κ1) is 18.4. The van der Waals surface area contributed by atoms with Gasteiger partial charge in [-0.15, -0.1) is 0 Å². The van der Waals surface area contributed by atoms with E-state index in [1.54, 1.807) is 36.5 Å². The van der Waals surface area contributed by atoms with Crippen molar-refractivity contribution < 1.29 is 18.1 Å². The lowest BCUT2D eigenvalue weighted by Crippen LogP contribution is -2.45. The molecule has 29 heavy (non-hydrogen) atoms. The topological polar surface area (TPSA) is 104 Å². The van der Waals surface area contributed by atoms with Gasteiger partial charge < -0.3 is 14.7 Å². The number of benzene rings is 1. The van der Waals surface area contributed by atoms with E-state index >= 15 is 0 Å². The third-order valence-corrected chi connectivity index (χ3v) is 7.31. The van der Waals surface area contributed by atoms with E-state index in [2.05, 4.69) is 14.7 Å². The van der Waals surface area contributed by atoms with Crippen molar-refractivity contribution in [1.82, 2.24) is 14.7 Å². The van der Waals surface area contributed by atoms with Crippen molar-refractivity contribution in [3.8, 4) is 5.75 Å². The highest BCUT2D eigenvalue weighted by Gasteiger charge is 2.41. The lowest BCUT2D eigenvalue weighted by molar-refractivity contribution is 0.307. The van der Waals surface area contributed by atoms with Crippen molar-refractivity contribution in [2.75, 3.05) is 0 Å². The van der Waals surface area contributed by atoms with E-state index in [1.165, 1.54) is 0 Å². The van der Waals surface area contributed by atoms with Crippen LogP contribution in [-0.2, 0) is 10.0 Å². The van der Waals surface area contributed by atoms with Crippen LogP contribution in [0.5, 0.6) is 5.75 Å². The molecule has 2 aromatic heterocycles. The number of sulfonamides is 1. The smallest absolute Gasteiger partial charge is 0.531 e. The first-order valence-electron chi connectivity index (χ1n) is 9.53. The van der Waals surface area contributed by atoms with Crippen LogP contribution in [-0.4, -0.2) is 36.6 Å². The van der Waals surface area contributed by atoms with E-state index in [9.17, 15) is 13.4 Å². The number of allylic oxidation sites excluding steroid dienone is 2.